The highest BCUT2D eigenvalue weighted by Crippen LogP contribution is 2.32. The number of nitrogens with two attached hydrogens (primary N) is 1. The fourth-order valence-corrected chi connectivity index (χ4v) is 2.86. The van der Waals surface area contributed by atoms with Gasteiger partial charge in [-0.3, -0.25) is 5.10 Å². The van der Waals surface area contributed by atoms with Gasteiger partial charge in [-0.15, -0.1) is 11.3 Å². The fraction of sp³-hybridized carbons (Fsp3) is 0. The lowest BCUT2D eigenvalue weighted by molar-refractivity contribution is 0.630. The lowest BCUT2D eigenvalue weighted by Gasteiger charge is -1.99. The summed E-state index contributed by atoms with van der Waals surface area (Å²) in [6, 6.07) is 4.89. The molecule has 1 aromatic carbocycles. The first kappa shape index (κ1) is 12.3. The second-order valence-corrected chi connectivity index (χ2v) is 5.63. The van der Waals surface area contributed by atoms with Gasteiger partial charge in [0, 0.05) is 15.4 Å². The number of aromatic amines is 1. The maximum absolute atomic E-state index is 13.9. The number of hydrogen-bond donors (Lipinski definition) is 2. The minimum absolute atomic E-state index is 0.314. The number of nitrogen functional groups attached to an aromatic ring is 1. The largest absolute Gasteiger partial charge is 0.383 e. The first-order chi connectivity index (χ1) is 9.15. The number of rotatable bonds is 2. The Bertz CT molecular complexity index is 737. The Hall–Kier alpha value is -1.73. The van der Waals surface area contributed by atoms with E-state index >= 15 is 0 Å². The molecular formula is C12H8BrFN4S. The van der Waals surface area contributed by atoms with E-state index in [9.17, 15) is 4.39 Å². The molecule has 0 bridgehead atoms. The van der Waals surface area contributed by atoms with Gasteiger partial charge in [-0.25, -0.2) is 9.37 Å². The van der Waals surface area contributed by atoms with E-state index in [1.165, 1.54) is 17.4 Å². The number of nitrogens with one attached hydrogen (secondary N) is 1. The SMILES string of the molecule is Nc1[nH]ncc1-c1nc(-c2ccc(Br)cc2F)cs1. The smallest absolute Gasteiger partial charge is 0.133 e. The van der Waals surface area contributed by atoms with E-state index in [4.69, 9.17) is 5.73 Å². The molecule has 0 unspecified atom stereocenters. The highest BCUT2D eigenvalue weighted by Gasteiger charge is 2.13. The van der Waals surface area contributed by atoms with Crippen molar-refractivity contribution < 1.29 is 4.39 Å². The molecule has 0 spiro atoms. The molecule has 7 heteroatoms. The maximum atomic E-state index is 13.9. The summed E-state index contributed by atoms with van der Waals surface area (Å²) in [7, 11) is 0. The van der Waals surface area contributed by atoms with Crippen LogP contribution in [0.5, 0.6) is 0 Å². The normalized spacial score (nSPS) is 10.8. The van der Waals surface area contributed by atoms with Crippen LogP contribution in [0.25, 0.3) is 21.8 Å². The minimum Gasteiger partial charge on any atom is -0.383 e. The van der Waals surface area contributed by atoms with E-state index in [2.05, 4.69) is 31.1 Å². The Morgan fingerprint density at radius 3 is 2.84 bits per heavy atom. The molecule has 0 aliphatic heterocycles. The zero-order chi connectivity index (χ0) is 13.4. The van der Waals surface area contributed by atoms with Gasteiger partial charge in [0.05, 0.1) is 17.5 Å². The molecule has 3 N–H and O–H groups in total. The van der Waals surface area contributed by atoms with E-state index in [0.717, 1.165) is 5.56 Å². The molecule has 2 aromatic heterocycles. The lowest BCUT2D eigenvalue weighted by atomic mass is 10.1. The molecule has 0 aliphatic rings. The summed E-state index contributed by atoms with van der Waals surface area (Å²) in [6.07, 6.45) is 1.61. The fourth-order valence-electron chi connectivity index (χ4n) is 1.68. The summed E-state index contributed by atoms with van der Waals surface area (Å²) in [5.41, 5.74) is 7.52. The lowest BCUT2D eigenvalue weighted by Crippen LogP contribution is -1.88. The van der Waals surface area contributed by atoms with Crippen molar-refractivity contribution in [2.75, 3.05) is 5.73 Å². The van der Waals surface area contributed by atoms with Crippen molar-refractivity contribution in [1.82, 2.24) is 15.2 Å². The summed E-state index contributed by atoms with van der Waals surface area (Å²) >= 11 is 4.63. The number of H-pyrrole nitrogens is 1. The van der Waals surface area contributed by atoms with Crippen LogP contribution >= 0.6 is 27.3 Å². The summed E-state index contributed by atoms with van der Waals surface area (Å²) in [4.78, 5) is 4.40. The van der Waals surface area contributed by atoms with Gasteiger partial charge in [0.1, 0.15) is 16.6 Å². The van der Waals surface area contributed by atoms with E-state index in [-0.39, 0.29) is 5.82 Å². The zero-order valence-corrected chi connectivity index (χ0v) is 11.9. The number of hydrogen-bond acceptors (Lipinski definition) is 4. The highest BCUT2D eigenvalue weighted by atomic mass is 79.9. The maximum Gasteiger partial charge on any atom is 0.133 e. The Morgan fingerprint density at radius 2 is 2.16 bits per heavy atom. The molecule has 96 valence electrons. The van der Waals surface area contributed by atoms with Crippen molar-refractivity contribution in [3.05, 3.63) is 40.1 Å². The van der Waals surface area contributed by atoms with Gasteiger partial charge in [0.25, 0.3) is 0 Å². The van der Waals surface area contributed by atoms with Crippen molar-refractivity contribution >= 4 is 33.1 Å². The van der Waals surface area contributed by atoms with E-state index in [1.54, 1.807) is 23.7 Å². The molecule has 4 nitrogen and oxygen atoms in total. The van der Waals surface area contributed by atoms with Gasteiger partial charge in [0.2, 0.25) is 0 Å². The van der Waals surface area contributed by atoms with Crippen LogP contribution in [-0.2, 0) is 0 Å². The Kier molecular flexibility index (Phi) is 3.08. The van der Waals surface area contributed by atoms with E-state index < -0.39 is 0 Å². The average Bonchev–Trinajstić information content (AvgIpc) is 2.97. The quantitative estimate of drug-likeness (QED) is 0.748. The molecule has 0 aliphatic carbocycles. The first-order valence-electron chi connectivity index (χ1n) is 5.35. The summed E-state index contributed by atoms with van der Waals surface area (Å²) in [5.74, 6) is 0.142. The van der Waals surface area contributed by atoms with Gasteiger partial charge in [0.15, 0.2) is 0 Å². The molecule has 0 atom stereocenters. The van der Waals surface area contributed by atoms with Crippen LogP contribution in [0.1, 0.15) is 0 Å². The summed E-state index contributed by atoms with van der Waals surface area (Å²) < 4.78 is 14.6. The number of benzene rings is 1. The third-order valence-electron chi connectivity index (χ3n) is 2.61. The van der Waals surface area contributed by atoms with Crippen LogP contribution in [0.4, 0.5) is 10.2 Å². The van der Waals surface area contributed by atoms with Crippen LogP contribution in [0.2, 0.25) is 0 Å². The predicted octanol–water partition coefficient (Wildman–Crippen LogP) is 3.68. The molecule has 19 heavy (non-hydrogen) atoms. The third kappa shape index (κ3) is 2.26. The predicted molar refractivity (Wildman–Crippen MR) is 77.2 cm³/mol. The first-order valence-corrected chi connectivity index (χ1v) is 7.02. The Labute approximate surface area is 120 Å². The van der Waals surface area contributed by atoms with Gasteiger partial charge in [-0.2, -0.15) is 5.10 Å². The molecule has 0 radical (unpaired) electrons. The van der Waals surface area contributed by atoms with Crippen molar-refractivity contribution in [3.63, 3.8) is 0 Å². The van der Waals surface area contributed by atoms with Crippen molar-refractivity contribution in [1.29, 1.82) is 0 Å². The van der Waals surface area contributed by atoms with Crippen LogP contribution < -0.4 is 5.73 Å². The van der Waals surface area contributed by atoms with Gasteiger partial charge in [-0.1, -0.05) is 15.9 Å². The molecule has 0 amide bonds. The van der Waals surface area contributed by atoms with Crippen LogP contribution in [0.15, 0.2) is 34.2 Å². The Balaban J connectivity index is 2.04. The average molecular weight is 339 g/mol. The molecule has 0 saturated heterocycles. The molecule has 3 aromatic rings. The zero-order valence-electron chi connectivity index (χ0n) is 9.52. The number of nitrogens with zero attached hydrogens (tertiary/aromatic N) is 2. The second-order valence-electron chi connectivity index (χ2n) is 3.86. The van der Waals surface area contributed by atoms with Gasteiger partial charge < -0.3 is 5.73 Å². The van der Waals surface area contributed by atoms with E-state index in [0.29, 0.717) is 26.6 Å². The molecular weight excluding hydrogens is 331 g/mol. The number of anilines is 1. The standard InChI is InChI=1S/C12H8BrFN4S/c13-6-1-2-7(9(14)3-6)10-5-19-12(17-10)8-4-16-18-11(8)15/h1-5H,(H3,15,16,18). The summed E-state index contributed by atoms with van der Waals surface area (Å²) in [6.45, 7) is 0. The van der Waals surface area contributed by atoms with Gasteiger partial charge >= 0.3 is 0 Å². The monoisotopic (exact) mass is 338 g/mol. The number of halogens is 2. The highest BCUT2D eigenvalue weighted by molar-refractivity contribution is 9.10. The molecule has 0 saturated carbocycles. The Morgan fingerprint density at radius 1 is 1.32 bits per heavy atom. The van der Waals surface area contributed by atoms with Crippen LogP contribution in [0, 0.1) is 5.82 Å². The number of aromatic nitrogens is 3. The molecule has 2 heterocycles. The molecule has 3 rings (SSSR count). The molecule has 0 fully saturated rings. The van der Waals surface area contributed by atoms with Crippen molar-refractivity contribution in [2.45, 2.75) is 0 Å². The van der Waals surface area contributed by atoms with Crippen LogP contribution in [-0.4, -0.2) is 15.2 Å². The van der Waals surface area contributed by atoms with Crippen LogP contribution in [0.3, 0.4) is 0 Å². The van der Waals surface area contributed by atoms with E-state index in [1.807, 2.05) is 0 Å². The van der Waals surface area contributed by atoms with Crippen molar-refractivity contribution in [2.24, 2.45) is 0 Å². The summed E-state index contributed by atoms with van der Waals surface area (Å²) in [5, 5.41) is 9.01. The second kappa shape index (κ2) is 4.75. The third-order valence-corrected chi connectivity index (χ3v) is 3.98. The number of thiazole rings is 1. The van der Waals surface area contributed by atoms with Crippen molar-refractivity contribution in [3.8, 4) is 21.8 Å². The minimum atomic E-state index is -0.314. The topological polar surface area (TPSA) is 67.6 Å². The van der Waals surface area contributed by atoms with Gasteiger partial charge in [-0.05, 0) is 18.2 Å².